The van der Waals surface area contributed by atoms with Crippen LogP contribution in [0.5, 0.6) is 5.88 Å². The van der Waals surface area contributed by atoms with Crippen molar-refractivity contribution in [3.63, 3.8) is 0 Å². The summed E-state index contributed by atoms with van der Waals surface area (Å²) in [5.41, 5.74) is 1.91. The molecule has 0 N–H and O–H groups in total. The number of carbonyl (C=O) groups is 1. The predicted molar refractivity (Wildman–Crippen MR) is 63.2 cm³/mol. The molecule has 0 radical (unpaired) electrons. The fourth-order valence-electron chi connectivity index (χ4n) is 1.54. The summed E-state index contributed by atoms with van der Waals surface area (Å²) in [7, 11) is 1.50. The molecular formula is C13H12N2O2. The van der Waals surface area contributed by atoms with Crippen molar-refractivity contribution in [2.45, 2.75) is 6.92 Å². The number of ketones is 1. The normalized spacial score (nSPS) is 10.0. The van der Waals surface area contributed by atoms with Crippen molar-refractivity contribution in [3.8, 4) is 5.88 Å². The van der Waals surface area contributed by atoms with Gasteiger partial charge in [0.15, 0.2) is 0 Å². The topological polar surface area (TPSA) is 52.1 Å². The van der Waals surface area contributed by atoms with Gasteiger partial charge in [0.05, 0.1) is 7.11 Å². The minimum atomic E-state index is -0.121. The van der Waals surface area contributed by atoms with E-state index in [0.717, 1.165) is 5.56 Å². The maximum atomic E-state index is 12.2. The Labute approximate surface area is 99.3 Å². The molecule has 0 unspecified atom stereocenters. The van der Waals surface area contributed by atoms with Crippen LogP contribution in [0.4, 0.5) is 0 Å². The molecule has 0 saturated heterocycles. The van der Waals surface area contributed by atoms with Crippen LogP contribution >= 0.6 is 0 Å². The summed E-state index contributed by atoms with van der Waals surface area (Å²) in [6, 6.07) is 8.94. The summed E-state index contributed by atoms with van der Waals surface area (Å²) in [5, 5.41) is 0. The SMILES string of the molecule is COc1cc(C(=O)c2ccccc2C)ncn1. The van der Waals surface area contributed by atoms with E-state index >= 15 is 0 Å². The van der Waals surface area contributed by atoms with Crippen molar-refractivity contribution < 1.29 is 9.53 Å². The van der Waals surface area contributed by atoms with E-state index in [1.165, 1.54) is 19.5 Å². The van der Waals surface area contributed by atoms with Gasteiger partial charge < -0.3 is 4.74 Å². The second kappa shape index (κ2) is 4.74. The van der Waals surface area contributed by atoms with Gasteiger partial charge >= 0.3 is 0 Å². The molecule has 1 aromatic carbocycles. The number of aromatic nitrogens is 2. The summed E-state index contributed by atoms with van der Waals surface area (Å²) in [6.07, 6.45) is 1.32. The molecule has 1 aromatic heterocycles. The third-order valence-electron chi connectivity index (χ3n) is 2.47. The molecule has 0 bridgehead atoms. The van der Waals surface area contributed by atoms with Crippen LogP contribution in [0.15, 0.2) is 36.7 Å². The lowest BCUT2D eigenvalue weighted by molar-refractivity contribution is 0.103. The molecule has 0 aliphatic rings. The first-order valence-electron chi connectivity index (χ1n) is 5.18. The van der Waals surface area contributed by atoms with Crippen molar-refractivity contribution in [3.05, 3.63) is 53.5 Å². The first kappa shape index (κ1) is 11.3. The number of hydrogen-bond donors (Lipinski definition) is 0. The van der Waals surface area contributed by atoms with E-state index in [1.54, 1.807) is 6.07 Å². The lowest BCUT2D eigenvalue weighted by Gasteiger charge is -2.04. The highest BCUT2D eigenvalue weighted by Crippen LogP contribution is 2.14. The average molecular weight is 228 g/mol. The second-order valence-electron chi connectivity index (χ2n) is 3.59. The largest absolute Gasteiger partial charge is 0.481 e. The molecule has 0 aliphatic carbocycles. The van der Waals surface area contributed by atoms with Crippen LogP contribution in [0.2, 0.25) is 0 Å². The van der Waals surface area contributed by atoms with Gasteiger partial charge in [-0.15, -0.1) is 0 Å². The highest BCUT2D eigenvalue weighted by Gasteiger charge is 2.13. The van der Waals surface area contributed by atoms with E-state index in [0.29, 0.717) is 17.1 Å². The third kappa shape index (κ3) is 2.30. The lowest BCUT2D eigenvalue weighted by Crippen LogP contribution is -2.06. The summed E-state index contributed by atoms with van der Waals surface area (Å²) >= 11 is 0. The Morgan fingerprint density at radius 1 is 1.24 bits per heavy atom. The molecule has 0 saturated carbocycles. The van der Waals surface area contributed by atoms with Crippen LogP contribution in [0.1, 0.15) is 21.6 Å². The van der Waals surface area contributed by atoms with Gasteiger partial charge in [0.2, 0.25) is 11.7 Å². The first-order valence-corrected chi connectivity index (χ1v) is 5.18. The first-order chi connectivity index (χ1) is 8.22. The van der Waals surface area contributed by atoms with E-state index < -0.39 is 0 Å². The highest BCUT2D eigenvalue weighted by atomic mass is 16.5. The van der Waals surface area contributed by atoms with E-state index in [1.807, 2.05) is 25.1 Å². The quantitative estimate of drug-likeness (QED) is 0.754. The maximum absolute atomic E-state index is 12.2. The minimum Gasteiger partial charge on any atom is -0.481 e. The summed E-state index contributed by atoms with van der Waals surface area (Å²) in [4.78, 5) is 20.0. The maximum Gasteiger partial charge on any atom is 0.216 e. The Kier molecular flexibility index (Phi) is 3.14. The number of benzene rings is 1. The fraction of sp³-hybridized carbons (Fsp3) is 0.154. The molecular weight excluding hydrogens is 216 g/mol. The van der Waals surface area contributed by atoms with E-state index in [9.17, 15) is 4.79 Å². The van der Waals surface area contributed by atoms with Crippen molar-refractivity contribution in [1.29, 1.82) is 0 Å². The van der Waals surface area contributed by atoms with E-state index in [2.05, 4.69) is 9.97 Å². The number of ether oxygens (including phenoxy) is 1. The zero-order chi connectivity index (χ0) is 12.3. The molecule has 4 nitrogen and oxygen atoms in total. The Morgan fingerprint density at radius 3 is 2.71 bits per heavy atom. The van der Waals surface area contributed by atoms with Gasteiger partial charge in [-0.2, -0.15) is 0 Å². The van der Waals surface area contributed by atoms with E-state index in [-0.39, 0.29) is 5.78 Å². The van der Waals surface area contributed by atoms with Gasteiger partial charge in [0.1, 0.15) is 12.0 Å². The lowest BCUT2D eigenvalue weighted by atomic mass is 10.0. The second-order valence-corrected chi connectivity index (χ2v) is 3.59. The minimum absolute atomic E-state index is 0.121. The van der Waals surface area contributed by atoms with Gasteiger partial charge in [-0.3, -0.25) is 4.79 Å². The van der Waals surface area contributed by atoms with Crippen LogP contribution < -0.4 is 4.74 Å². The van der Waals surface area contributed by atoms with Crippen LogP contribution in [0.3, 0.4) is 0 Å². The summed E-state index contributed by atoms with van der Waals surface area (Å²) in [6.45, 7) is 1.89. The van der Waals surface area contributed by atoms with Crippen LogP contribution in [0.25, 0.3) is 0 Å². The van der Waals surface area contributed by atoms with Crippen molar-refractivity contribution in [2.75, 3.05) is 7.11 Å². The van der Waals surface area contributed by atoms with Gasteiger partial charge in [0, 0.05) is 11.6 Å². The van der Waals surface area contributed by atoms with Crippen LogP contribution in [0, 0.1) is 6.92 Å². The van der Waals surface area contributed by atoms with Gasteiger partial charge in [0.25, 0.3) is 0 Å². The molecule has 0 amide bonds. The van der Waals surface area contributed by atoms with Crippen LogP contribution in [-0.2, 0) is 0 Å². The molecule has 2 aromatic rings. The Morgan fingerprint density at radius 2 is 2.00 bits per heavy atom. The predicted octanol–water partition coefficient (Wildman–Crippen LogP) is 2.02. The zero-order valence-electron chi connectivity index (χ0n) is 9.68. The number of rotatable bonds is 3. The Balaban J connectivity index is 2.40. The molecule has 86 valence electrons. The third-order valence-corrected chi connectivity index (χ3v) is 2.47. The van der Waals surface area contributed by atoms with Crippen molar-refractivity contribution >= 4 is 5.78 Å². The summed E-state index contributed by atoms with van der Waals surface area (Å²) < 4.78 is 4.97. The molecule has 4 heteroatoms. The van der Waals surface area contributed by atoms with Gasteiger partial charge in [-0.25, -0.2) is 9.97 Å². The molecule has 0 atom stereocenters. The monoisotopic (exact) mass is 228 g/mol. The standard InChI is InChI=1S/C13H12N2O2/c1-9-5-3-4-6-10(9)13(16)11-7-12(17-2)15-8-14-11/h3-8H,1-2H3. The molecule has 17 heavy (non-hydrogen) atoms. The average Bonchev–Trinajstić information content (AvgIpc) is 2.38. The number of methoxy groups -OCH3 is 1. The number of aryl methyl sites for hydroxylation is 1. The molecule has 0 spiro atoms. The van der Waals surface area contributed by atoms with Gasteiger partial charge in [-0.1, -0.05) is 24.3 Å². The molecule has 0 aliphatic heterocycles. The molecule has 2 rings (SSSR count). The Hall–Kier alpha value is -2.23. The Bertz CT molecular complexity index is 553. The van der Waals surface area contributed by atoms with Gasteiger partial charge in [-0.05, 0) is 12.5 Å². The van der Waals surface area contributed by atoms with E-state index in [4.69, 9.17) is 4.74 Å². The highest BCUT2D eigenvalue weighted by molar-refractivity contribution is 6.08. The van der Waals surface area contributed by atoms with Crippen molar-refractivity contribution in [1.82, 2.24) is 9.97 Å². The summed E-state index contributed by atoms with van der Waals surface area (Å²) in [5.74, 6) is 0.265. The fourth-order valence-corrected chi connectivity index (χ4v) is 1.54. The number of nitrogens with zero attached hydrogens (tertiary/aromatic N) is 2. The molecule has 0 fully saturated rings. The van der Waals surface area contributed by atoms with Crippen LogP contribution in [-0.4, -0.2) is 22.9 Å². The van der Waals surface area contributed by atoms with Crippen molar-refractivity contribution in [2.24, 2.45) is 0 Å². The number of hydrogen-bond acceptors (Lipinski definition) is 4. The zero-order valence-corrected chi connectivity index (χ0v) is 9.68. The number of carbonyl (C=O) groups excluding carboxylic acids is 1. The smallest absolute Gasteiger partial charge is 0.216 e. The molecule has 1 heterocycles.